The smallest absolute Gasteiger partial charge is 0.507 e. The number of anilines is 1. The van der Waals surface area contributed by atoms with Crippen LogP contribution >= 0.6 is 0 Å². The highest BCUT2D eigenvalue weighted by molar-refractivity contribution is 6.51. The number of carbonyl (C=O) groups excluding carboxylic acids is 2. The van der Waals surface area contributed by atoms with Crippen LogP contribution in [0.5, 0.6) is 17.2 Å². The number of aliphatic hydroxyl groups is 1. The zero-order valence-electron chi connectivity index (χ0n) is 19.4. The van der Waals surface area contributed by atoms with Crippen LogP contribution in [0.25, 0.3) is 5.76 Å². The fourth-order valence-electron chi connectivity index (χ4n) is 4.02. The Balaban J connectivity index is 1.89. The number of hydrogen-bond acceptors (Lipinski definition) is 6. The molecule has 0 aliphatic carbocycles. The molecule has 0 aromatic heterocycles. The van der Waals surface area contributed by atoms with Crippen molar-refractivity contribution in [2.75, 3.05) is 19.1 Å². The molecule has 3 aromatic rings. The molecule has 0 radical (unpaired) electrons. The molecule has 0 bridgehead atoms. The van der Waals surface area contributed by atoms with Crippen molar-refractivity contribution in [2.45, 2.75) is 12.4 Å². The molecule has 0 saturated carbocycles. The van der Waals surface area contributed by atoms with Gasteiger partial charge in [-0.1, -0.05) is 12.1 Å². The van der Waals surface area contributed by atoms with Crippen LogP contribution in [0.4, 0.5) is 23.2 Å². The fourth-order valence-corrected chi connectivity index (χ4v) is 4.02. The van der Waals surface area contributed by atoms with Gasteiger partial charge in [-0.25, -0.2) is 4.39 Å². The van der Waals surface area contributed by atoms with Crippen molar-refractivity contribution in [2.24, 2.45) is 0 Å². The topological polar surface area (TPSA) is 85.3 Å². The summed E-state index contributed by atoms with van der Waals surface area (Å²) in [5.74, 6) is -3.55. The zero-order valence-corrected chi connectivity index (χ0v) is 19.4. The van der Waals surface area contributed by atoms with E-state index in [0.29, 0.717) is 11.3 Å². The molecular weight excluding hydrogens is 498 g/mol. The number of Topliss-reactive ketones (excluding diaryl/α,β-unsaturated/α-hetero) is 1. The number of rotatable bonds is 6. The van der Waals surface area contributed by atoms with Crippen molar-refractivity contribution in [1.82, 2.24) is 0 Å². The predicted octanol–water partition coefficient (Wildman–Crippen LogP) is 5.37. The van der Waals surface area contributed by atoms with Crippen LogP contribution in [0.1, 0.15) is 17.2 Å². The molecule has 3 aromatic carbocycles. The van der Waals surface area contributed by atoms with E-state index in [2.05, 4.69) is 4.74 Å². The van der Waals surface area contributed by atoms with Gasteiger partial charge in [0.25, 0.3) is 11.7 Å². The van der Waals surface area contributed by atoms with Crippen LogP contribution in [0.15, 0.2) is 72.3 Å². The Morgan fingerprint density at radius 3 is 2.08 bits per heavy atom. The number of aliphatic hydroxyl groups excluding tert-OH is 1. The van der Waals surface area contributed by atoms with Gasteiger partial charge in [0.15, 0.2) is 0 Å². The molecule has 1 atom stereocenters. The van der Waals surface area contributed by atoms with E-state index in [1.807, 2.05) is 0 Å². The summed E-state index contributed by atoms with van der Waals surface area (Å²) in [6.07, 6.45) is -4.92. The van der Waals surface area contributed by atoms with E-state index in [-0.39, 0.29) is 22.6 Å². The SMILES string of the molecule is COc1ccc(C2/C(=C(\O)c3cc(F)ccc3OC)C(=O)C(=O)N2c2ccc(OC(F)(F)F)cc2)cc1. The summed E-state index contributed by atoms with van der Waals surface area (Å²) in [6.45, 7) is 0. The van der Waals surface area contributed by atoms with Gasteiger partial charge in [0, 0.05) is 5.69 Å². The highest BCUT2D eigenvalue weighted by atomic mass is 19.4. The van der Waals surface area contributed by atoms with E-state index in [1.54, 1.807) is 24.3 Å². The van der Waals surface area contributed by atoms with Gasteiger partial charge in [0.2, 0.25) is 0 Å². The number of ether oxygens (including phenoxy) is 3. The maximum atomic E-state index is 14.0. The molecule has 37 heavy (non-hydrogen) atoms. The largest absolute Gasteiger partial charge is 0.573 e. The molecule has 1 N–H and O–H groups in total. The lowest BCUT2D eigenvalue weighted by molar-refractivity contribution is -0.274. The Labute approximate surface area is 208 Å². The van der Waals surface area contributed by atoms with Gasteiger partial charge in [-0.05, 0) is 60.2 Å². The lowest BCUT2D eigenvalue weighted by atomic mass is 9.94. The molecule has 1 unspecified atom stereocenters. The van der Waals surface area contributed by atoms with Crippen molar-refractivity contribution in [3.05, 3.63) is 89.2 Å². The molecule has 192 valence electrons. The quantitative estimate of drug-likeness (QED) is 0.205. The van der Waals surface area contributed by atoms with Crippen molar-refractivity contribution >= 4 is 23.1 Å². The first kappa shape index (κ1) is 25.5. The Kier molecular flexibility index (Phi) is 6.80. The summed E-state index contributed by atoms with van der Waals surface area (Å²) in [4.78, 5) is 27.4. The summed E-state index contributed by atoms with van der Waals surface area (Å²) in [5.41, 5.74) is -0.0992. The van der Waals surface area contributed by atoms with Crippen molar-refractivity contribution in [3.63, 3.8) is 0 Å². The Morgan fingerprint density at radius 1 is 0.892 bits per heavy atom. The second-order valence-corrected chi connectivity index (χ2v) is 7.83. The van der Waals surface area contributed by atoms with Gasteiger partial charge in [0.1, 0.15) is 28.8 Å². The number of nitrogens with zero attached hydrogens (tertiary/aromatic N) is 1. The van der Waals surface area contributed by atoms with Gasteiger partial charge in [0.05, 0.1) is 31.4 Å². The maximum Gasteiger partial charge on any atom is 0.573 e. The average Bonchev–Trinajstić information content (AvgIpc) is 3.13. The molecule has 1 saturated heterocycles. The monoisotopic (exact) mass is 517 g/mol. The molecule has 1 amide bonds. The number of halogens is 4. The molecule has 1 aliphatic rings. The Bertz CT molecular complexity index is 1370. The molecule has 4 rings (SSSR count). The minimum Gasteiger partial charge on any atom is -0.507 e. The van der Waals surface area contributed by atoms with E-state index in [1.165, 1.54) is 32.4 Å². The van der Waals surface area contributed by atoms with Crippen molar-refractivity contribution < 1.29 is 46.5 Å². The third kappa shape index (κ3) is 5.06. The van der Waals surface area contributed by atoms with Crippen molar-refractivity contribution in [3.8, 4) is 17.2 Å². The first-order valence-corrected chi connectivity index (χ1v) is 10.7. The van der Waals surface area contributed by atoms with E-state index in [9.17, 15) is 32.3 Å². The van der Waals surface area contributed by atoms with E-state index < -0.39 is 41.4 Å². The lowest BCUT2D eigenvalue weighted by Gasteiger charge is -2.26. The molecule has 1 heterocycles. The van der Waals surface area contributed by atoms with Crippen LogP contribution in [-0.4, -0.2) is 37.4 Å². The second kappa shape index (κ2) is 9.84. The molecule has 0 spiro atoms. The average molecular weight is 517 g/mol. The van der Waals surface area contributed by atoms with Crippen LogP contribution in [0, 0.1) is 5.82 Å². The van der Waals surface area contributed by atoms with Crippen LogP contribution in [-0.2, 0) is 9.59 Å². The molecular formula is C26H19F4NO6. The van der Waals surface area contributed by atoms with Crippen molar-refractivity contribution in [1.29, 1.82) is 0 Å². The van der Waals surface area contributed by atoms with E-state index >= 15 is 0 Å². The van der Waals surface area contributed by atoms with E-state index in [4.69, 9.17) is 9.47 Å². The number of benzene rings is 3. The number of ketones is 1. The van der Waals surface area contributed by atoms with Gasteiger partial charge < -0.3 is 19.3 Å². The third-order valence-electron chi connectivity index (χ3n) is 5.64. The Hall–Kier alpha value is -4.54. The maximum absolute atomic E-state index is 14.0. The minimum atomic E-state index is -4.92. The number of carbonyl (C=O) groups is 2. The van der Waals surface area contributed by atoms with Crippen LogP contribution < -0.4 is 19.1 Å². The van der Waals surface area contributed by atoms with Gasteiger partial charge in [-0.3, -0.25) is 14.5 Å². The summed E-state index contributed by atoms with van der Waals surface area (Å²) < 4.78 is 66.0. The van der Waals surface area contributed by atoms with E-state index in [0.717, 1.165) is 29.2 Å². The Morgan fingerprint density at radius 2 is 1.51 bits per heavy atom. The third-order valence-corrected chi connectivity index (χ3v) is 5.64. The van der Waals surface area contributed by atoms with Gasteiger partial charge in [-0.15, -0.1) is 13.2 Å². The summed E-state index contributed by atoms with van der Waals surface area (Å²) in [7, 11) is 2.73. The first-order chi connectivity index (χ1) is 17.5. The molecule has 1 aliphatic heterocycles. The standard InChI is InChI=1S/C26H19F4NO6/c1-35-17-8-3-14(4-9-17)22-21(23(32)19-13-15(27)5-12-20(19)36-2)24(33)25(34)31(22)16-6-10-18(11-7-16)37-26(28,29)30/h3-13,22,32H,1-2H3/b23-21+. The number of amides is 1. The van der Waals surface area contributed by atoms with Gasteiger partial charge >= 0.3 is 6.36 Å². The van der Waals surface area contributed by atoms with Crippen LogP contribution in [0.2, 0.25) is 0 Å². The fraction of sp³-hybridized carbons (Fsp3) is 0.154. The zero-order chi connectivity index (χ0) is 26.9. The highest BCUT2D eigenvalue weighted by Gasteiger charge is 2.47. The summed E-state index contributed by atoms with van der Waals surface area (Å²) in [5, 5.41) is 11.2. The number of methoxy groups -OCH3 is 2. The lowest BCUT2D eigenvalue weighted by Crippen LogP contribution is -2.29. The highest BCUT2D eigenvalue weighted by Crippen LogP contribution is 2.44. The second-order valence-electron chi connectivity index (χ2n) is 7.83. The molecule has 1 fully saturated rings. The molecule has 11 heteroatoms. The normalized spacial score (nSPS) is 17.1. The number of alkyl halides is 3. The van der Waals surface area contributed by atoms with Gasteiger partial charge in [-0.2, -0.15) is 0 Å². The number of hydrogen-bond donors (Lipinski definition) is 1. The minimum absolute atomic E-state index is 0.0484. The van der Waals surface area contributed by atoms with Crippen LogP contribution in [0.3, 0.4) is 0 Å². The summed E-state index contributed by atoms with van der Waals surface area (Å²) >= 11 is 0. The molecule has 7 nitrogen and oxygen atoms in total. The first-order valence-electron chi connectivity index (χ1n) is 10.7. The summed E-state index contributed by atoms with van der Waals surface area (Å²) in [6, 6.07) is 12.7. The predicted molar refractivity (Wildman–Crippen MR) is 124 cm³/mol.